The Morgan fingerprint density at radius 3 is 2.75 bits per heavy atom. The lowest BCUT2D eigenvalue weighted by Crippen LogP contribution is -2.04. The topological polar surface area (TPSA) is 49.3 Å². The molecule has 0 radical (unpaired) electrons. The van der Waals surface area contributed by atoms with Crippen molar-refractivity contribution < 1.29 is 9.90 Å². The fourth-order valence-corrected chi connectivity index (χ4v) is 1.57. The van der Waals surface area contributed by atoms with Crippen LogP contribution in [0.1, 0.15) is 30.4 Å². The normalized spacial score (nSPS) is 10.1. The lowest BCUT2D eigenvalue weighted by molar-refractivity contribution is -0.137. The summed E-state index contributed by atoms with van der Waals surface area (Å²) < 4.78 is 0. The summed E-state index contributed by atoms with van der Waals surface area (Å²) in [4.78, 5) is 10.3. The van der Waals surface area contributed by atoms with Crippen molar-refractivity contribution in [2.24, 2.45) is 0 Å². The first-order chi connectivity index (χ1) is 7.61. The van der Waals surface area contributed by atoms with Gasteiger partial charge in [-0.2, -0.15) is 0 Å². The molecule has 0 saturated carbocycles. The Kier molecular flexibility index (Phi) is 4.83. The molecule has 1 aromatic carbocycles. The fraction of sp³-hybridized carbons (Fsp3) is 0.462. The van der Waals surface area contributed by atoms with Crippen LogP contribution in [0.15, 0.2) is 18.2 Å². The van der Waals surface area contributed by atoms with Gasteiger partial charge in [-0.05, 0) is 43.9 Å². The van der Waals surface area contributed by atoms with Gasteiger partial charge in [-0.25, -0.2) is 0 Å². The SMILES string of the molecule is Cc1cccc(NCCCCC(=O)O)c1C. The molecule has 0 heterocycles. The molecule has 0 amide bonds. The molecule has 0 saturated heterocycles. The second-order valence-corrected chi connectivity index (χ2v) is 4.03. The van der Waals surface area contributed by atoms with Gasteiger partial charge in [0.25, 0.3) is 0 Å². The third-order valence-corrected chi connectivity index (χ3v) is 2.74. The summed E-state index contributed by atoms with van der Waals surface area (Å²) in [5.41, 5.74) is 3.69. The smallest absolute Gasteiger partial charge is 0.303 e. The maximum absolute atomic E-state index is 10.3. The number of nitrogens with one attached hydrogen (secondary N) is 1. The van der Waals surface area contributed by atoms with Crippen molar-refractivity contribution in [2.45, 2.75) is 33.1 Å². The summed E-state index contributed by atoms with van der Waals surface area (Å²) in [6.45, 7) is 5.01. The van der Waals surface area contributed by atoms with E-state index in [1.54, 1.807) is 0 Å². The Hall–Kier alpha value is -1.51. The van der Waals surface area contributed by atoms with Gasteiger partial charge in [0.2, 0.25) is 0 Å². The van der Waals surface area contributed by atoms with E-state index in [-0.39, 0.29) is 6.42 Å². The van der Waals surface area contributed by atoms with E-state index in [1.165, 1.54) is 11.1 Å². The predicted octanol–water partition coefficient (Wildman–Crippen LogP) is 2.97. The van der Waals surface area contributed by atoms with Crippen molar-refractivity contribution in [3.05, 3.63) is 29.3 Å². The number of carboxylic acid groups (broad SMARTS) is 1. The highest BCUT2D eigenvalue weighted by atomic mass is 16.4. The van der Waals surface area contributed by atoms with Crippen LogP contribution in [0.4, 0.5) is 5.69 Å². The number of hydrogen-bond acceptors (Lipinski definition) is 2. The number of hydrogen-bond donors (Lipinski definition) is 2. The molecular formula is C13H19NO2. The van der Waals surface area contributed by atoms with Crippen molar-refractivity contribution >= 4 is 11.7 Å². The highest BCUT2D eigenvalue weighted by Crippen LogP contribution is 2.17. The van der Waals surface area contributed by atoms with E-state index in [0.717, 1.165) is 25.1 Å². The molecule has 0 spiro atoms. The van der Waals surface area contributed by atoms with Gasteiger partial charge in [-0.1, -0.05) is 12.1 Å². The molecule has 0 bridgehead atoms. The Labute approximate surface area is 96.5 Å². The van der Waals surface area contributed by atoms with E-state index in [2.05, 4.69) is 31.3 Å². The number of carboxylic acids is 1. The largest absolute Gasteiger partial charge is 0.481 e. The summed E-state index contributed by atoms with van der Waals surface area (Å²) in [5, 5.41) is 11.8. The van der Waals surface area contributed by atoms with Gasteiger partial charge in [-0.15, -0.1) is 0 Å². The zero-order chi connectivity index (χ0) is 12.0. The molecule has 1 rings (SSSR count). The van der Waals surface area contributed by atoms with Crippen LogP contribution < -0.4 is 5.32 Å². The standard InChI is InChI=1S/C13H19NO2/c1-10-6-5-7-12(11(10)2)14-9-4-3-8-13(15)16/h5-7,14H,3-4,8-9H2,1-2H3,(H,15,16). The highest BCUT2D eigenvalue weighted by Gasteiger charge is 2.00. The Morgan fingerprint density at radius 1 is 1.31 bits per heavy atom. The maximum Gasteiger partial charge on any atom is 0.303 e. The monoisotopic (exact) mass is 221 g/mol. The third kappa shape index (κ3) is 3.93. The molecule has 0 aliphatic rings. The summed E-state index contributed by atoms with van der Waals surface area (Å²) in [6.07, 6.45) is 1.88. The van der Waals surface area contributed by atoms with Crippen molar-refractivity contribution in [1.29, 1.82) is 0 Å². The van der Waals surface area contributed by atoms with Crippen molar-refractivity contribution in [3.63, 3.8) is 0 Å². The van der Waals surface area contributed by atoms with Gasteiger partial charge in [-0.3, -0.25) is 4.79 Å². The summed E-state index contributed by atoms with van der Waals surface area (Å²) in [5.74, 6) is -0.716. The quantitative estimate of drug-likeness (QED) is 0.726. The minimum atomic E-state index is -0.716. The molecule has 1 aromatic rings. The van der Waals surface area contributed by atoms with Crippen LogP contribution in [0.5, 0.6) is 0 Å². The second-order valence-electron chi connectivity index (χ2n) is 4.03. The van der Waals surface area contributed by atoms with E-state index in [9.17, 15) is 4.79 Å². The second kappa shape index (κ2) is 6.16. The van der Waals surface area contributed by atoms with Crippen molar-refractivity contribution in [2.75, 3.05) is 11.9 Å². The van der Waals surface area contributed by atoms with Crippen LogP contribution in [0.25, 0.3) is 0 Å². The van der Waals surface area contributed by atoms with Crippen LogP contribution in [0.2, 0.25) is 0 Å². The minimum Gasteiger partial charge on any atom is -0.481 e. The van der Waals surface area contributed by atoms with E-state index in [0.29, 0.717) is 0 Å². The van der Waals surface area contributed by atoms with Gasteiger partial charge >= 0.3 is 5.97 Å². The fourth-order valence-electron chi connectivity index (χ4n) is 1.57. The molecular weight excluding hydrogens is 202 g/mol. The molecule has 16 heavy (non-hydrogen) atoms. The molecule has 0 aliphatic carbocycles. The molecule has 0 fully saturated rings. The molecule has 0 aliphatic heterocycles. The average molecular weight is 221 g/mol. The van der Waals surface area contributed by atoms with Crippen molar-refractivity contribution in [1.82, 2.24) is 0 Å². The number of aryl methyl sites for hydroxylation is 1. The molecule has 3 heteroatoms. The van der Waals surface area contributed by atoms with Gasteiger partial charge < -0.3 is 10.4 Å². The summed E-state index contributed by atoms with van der Waals surface area (Å²) >= 11 is 0. The van der Waals surface area contributed by atoms with E-state index < -0.39 is 5.97 Å². The number of carbonyl (C=O) groups is 1. The van der Waals surface area contributed by atoms with Crippen molar-refractivity contribution in [3.8, 4) is 0 Å². The van der Waals surface area contributed by atoms with Crippen LogP contribution in [0, 0.1) is 13.8 Å². The van der Waals surface area contributed by atoms with E-state index >= 15 is 0 Å². The van der Waals surface area contributed by atoms with Crippen LogP contribution in [-0.4, -0.2) is 17.6 Å². The molecule has 0 unspecified atom stereocenters. The number of anilines is 1. The molecule has 0 aromatic heterocycles. The predicted molar refractivity (Wildman–Crippen MR) is 65.9 cm³/mol. The highest BCUT2D eigenvalue weighted by molar-refractivity contribution is 5.66. The zero-order valence-electron chi connectivity index (χ0n) is 9.92. The van der Waals surface area contributed by atoms with Crippen LogP contribution in [0.3, 0.4) is 0 Å². The van der Waals surface area contributed by atoms with Crippen LogP contribution >= 0.6 is 0 Å². The van der Waals surface area contributed by atoms with E-state index in [4.69, 9.17) is 5.11 Å². The molecule has 2 N–H and O–H groups in total. The molecule has 3 nitrogen and oxygen atoms in total. The summed E-state index contributed by atoms with van der Waals surface area (Å²) in [6, 6.07) is 6.17. The van der Waals surface area contributed by atoms with Gasteiger partial charge in [0.1, 0.15) is 0 Å². The van der Waals surface area contributed by atoms with E-state index in [1.807, 2.05) is 6.07 Å². The van der Waals surface area contributed by atoms with Gasteiger partial charge in [0, 0.05) is 18.7 Å². The Bertz CT molecular complexity index is 361. The molecule has 88 valence electrons. The van der Waals surface area contributed by atoms with Gasteiger partial charge in [0.05, 0.1) is 0 Å². The summed E-state index contributed by atoms with van der Waals surface area (Å²) in [7, 11) is 0. The third-order valence-electron chi connectivity index (χ3n) is 2.74. The number of benzene rings is 1. The maximum atomic E-state index is 10.3. The molecule has 0 atom stereocenters. The van der Waals surface area contributed by atoms with Gasteiger partial charge in [0.15, 0.2) is 0 Å². The first kappa shape index (κ1) is 12.6. The number of unbranched alkanes of at least 4 members (excludes halogenated alkanes) is 1. The lowest BCUT2D eigenvalue weighted by Gasteiger charge is -2.10. The first-order valence-corrected chi connectivity index (χ1v) is 5.63. The lowest BCUT2D eigenvalue weighted by atomic mass is 10.1. The minimum absolute atomic E-state index is 0.258. The number of aliphatic carboxylic acids is 1. The van der Waals surface area contributed by atoms with Crippen LogP contribution in [-0.2, 0) is 4.79 Å². The Morgan fingerprint density at radius 2 is 2.06 bits per heavy atom. The number of rotatable bonds is 6. The average Bonchev–Trinajstić information content (AvgIpc) is 2.23. The zero-order valence-corrected chi connectivity index (χ0v) is 9.92. The Balaban J connectivity index is 2.32. The first-order valence-electron chi connectivity index (χ1n) is 5.63.